The van der Waals surface area contributed by atoms with Gasteiger partial charge in [0.25, 0.3) is 0 Å². The highest BCUT2D eigenvalue weighted by Gasteiger charge is 2.23. The van der Waals surface area contributed by atoms with Crippen molar-refractivity contribution >= 4 is 11.6 Å². The summed E-state index contributed by atoms with van der Waals surface area (Å²) in [5, 5.41) is 12.3. The standard InChI is InChI=1S/C13H21N3O/c1-14-12-7-4-8-13(15-12)16(9-10-17)11-5-2-3-6-11/h4,7-8,11,17H,2-3,5-6,9-10H2,1H3,(H,14,15). The third kappa shape index (κ3) is 2.88. The summed E-state index contributed by atoms with van der Waals surface area (Å²) in [7, 11) is 1.87. The third-order valence-corrected chi connectivity index (χ3v) is 3.39. The van der Waals surface area contributed by atoms with E-state index in [1.54, 1.807) is 0 Å². The van der Waals surface area contributed by atoms with Gasteiger partial charge in [-0.05, 0) is 25.0 Å². The van der Waals surface area contributed by atoms with Gasteiger partial charge in [-0.15, -0.1) is 0 Å². The Labute approximate surface area is 103 Å². The molecule has 0 bridgehead atoms. The van der Waals surface area contributed by atoms with Crippen molar-refractivity contribution in [2.24, 2.45) is 0 Å². The van der Waals surface area contributed by atoms with Crippen LogP contribution < -0.4 is 10.2 Å². The lowest BCUT2D eigenvalue weighted by atomic mass is 10.2. The summed E-state index contributed by atoms with van der Waals surface area (Å²) in [4.78, 5) is 6.80. The van der Waals surface area contributed by atoms with Crippen LogP contribution >= 0.6 is 0 Å². The molecule has 2 N–H and O–H groups in total. The summed E-state index contributed by atoms with van der Waals surface area (Å²) in [6.07, 6.45) is 5.01. The maximum Gasteiger partial charge on any atom is 0.131 e. The Morgan fingerprint density at radius 1 is 1.41 bits per heavy atom. The highest BCUT2D eigenvalue weighted by Crippen LogP contribution is 2.27. The van der Waals surface area contributed by atoms with Crippen LogP contribution in [0.2, 0.25) is 0 Å². The summed E-state index contributed by atoms with van der Waals surface area (Å²) < 4.78 is 0. The van der Waals surface area contributed by atoms with Crippen molar-refractivity contribution in [3.63, 3.8) is 0 Å². The fraction of sp³-hybridized carbons (Fsp3) is 0.615. The Morgan fingerprint density at radius 2 is 2.18 bits per heavy atom. The van der Waals surface area contributed by atoms with Crippen molar-refractivity contribution < 1.29 is 5.11 Å². The zero-order valence-corrected chi connectivity index (χ0v) is 10.4. The smallest absolute Gasteiger partial charge is 0.131 e. The molecule has 1 aliphatic rings. The highest BCUT2D eigenvalue weighted by atomic mass is 16.3. The van der Waals surface area contributed by atoms with Crippen LogP contribution in [0.15, 0.2) is 18.2 Å². The molecule has 4 heteroatoms. The number of nitrogens with zero attached hydrogens (tertiary/aromatic N) is 2. The number of aliphatic hydroxyl groups is 1. The topological polar surface area (TPSA) is 48.4 Å². The Hall–Kier alpha value is -1.29. The largest absolute Gasteiger partial charge is 0.395 e. The molecular formula is C13H21N3O. The van der Waals surface area contributed by atoms with Crippen LogP contribution in [0.3, 0.4) is 0 Å². The van der Waals surface area contributed by atoms with E-state index in [1.165, 1.54) is 25.7 Å². The molecule has 17 heavy (non-hydrogen) atoms. The molecule has 1 aromatic heterocycles. The maximum atomic E-state index is 9.20. The summed E-state index contributed by atoms with van der Waals surface area (Å²) in [5.41, 5.74) is 0. The lowest BCUT2D eigenvalue weighted by molar-refractivity contribution is 0.297. The van der Waals surface area contributed by atoms with Crippen molar-refractivity contribution in [3.05, 3.63) is 18.2 Å². The number of nitrogens with one attached hydrogen (secondary N) is 1. The average molecular weight is 235 g/mol. The first kappa shape index (κ1) is 12.2. The quantitative estimate of drug-likeness (QED) is 0.818. The second kappa shape index (κ2) is 5.87. The average Bonchev–Trinajstić information content (AvgIpc) is 2.89. The van der Waals surface area contributed by atoms with Gasteiger partial charge in [-0.1, -0.05) is 18.9 Å². The molecular weight excluding hydrogens is 214 g/mol. The van der Waals surface area contributed by atoms with Crippen LogP contribution in [0.1, 0.15) is 25.7 Å². The van der Waals surface area contributed by atoms with Gasteiger partial charge in [-0.2, -0.15) is 0 Å². The molecule has 0 atom stereocenters. The number of rotatable bonds is 5. The fourth-order valence-electron chi connectivity index (χ4n) is 2.53. The van der Waals surface area contributed by atoms with E-state index in [1.807, 2.05) is 25.2 Å². The van der Waals surface area contributed by atoms with Gasteiger partial charge in [0, 0.05) is 19.6 Å². The van der Waals surface area contributed by atoms with E-state index in [0.29, 0.717) is 12.6 Å². The first-order chi connectivity index (χ1) is 8.35. The van der Waals surface area contributed by atoms with E-state index in [2.05, 4.69) is 15.2 Å². The Balaban J connectivity index is 2.18. The fourth-order valence-corrected chi connectivity index (χ4v) is 2.53. The van der Waals surface area contributed by atoms with Gasteiger partial charge in [-0.25, -0.2) is 4.98 Å². The molecule has 4 nitrogen and oxygen atoms in total. The molecule has 0 unspecified atom stereocenters. The van der Waals surface area contributed by atoms with E-state index >= 15 is 0 Å². The monoisotopic (exact) mass is 235 g/mol. The second-order valence-corrected chi connectivity index (χ2v) is 4.49. The van der Waals surface area contributed by atoms with Gasteiger partial charge in [0.1, 0.15) is 11.6 Å². The van der Waals surface area contributed by atoms with Crippen LogP contribution in [0, 0.1) is 0 Å². The molecule has 0 saturated heterocycles. The summed E-state index contributed by atoms with van der Waals surface area (Å²) in [6, 6.07) is 6.53. The Morgan fingerprint density at radius 3 is 2.82 bits per heavy atom. The Bertz CT molecular complexity index is 350. The highest BCUT2D eigenvalue weighted by molar-refractivity contribution is 5.47. The first-order valence-corrected chi connectivity index (χ1v) is 6.37. The summed E-state index contributed by atoms with van der Waals surface area (Å²) >= 11 is 0. The molecule has 2 rings (SSSR count). The van der Waals surface area contributed by atoms with Crippen LogP contribution in [0.5, 0.6) is 0 Å². The normalized spacial score (nSPS) is 16.1. The molecule has 0 spiro atoms. The lowest BCUT2D eigenvalue weighted by Gasteiger charge is -2.29. The van der Waals surface area contributed by atoms with Crippen molar-refractivity contribution in [1.82, 2.24) is 4.98 Å². The predicted octanol–water partition coefficient (Wildman–Crippen LogP) is 1.86. The number of hydrogen-bond donors (Lipinski definition) is 2. The van der Waals surface area contributed by atoms with Crippen molar-refractivity contribution in [3.8, 4) is 0 Å². The van der Waals surface area contributed by atoms with E-state index in [0.717, 1.165) is 11.6 Å². The van der Waals surface area contributed by atoms with Crippen molar-refractivity contribution in [2.75, 3.05) is 30.4 Å². The zero-order valence-electron chi connectivity index (χ0n) is 10.4. The van der Waals surface area contributed by atoms with Crippen LogP contribution in [0.4, 0.5) is 11.6 Å². The summed E-state index contributed by atoms with van der Waals surface area (Å²) in [5.74, 6) is 1.85. The van der Waals surface area contributed by atoms with E-state index in [9.17, 15) is 5.11 Å². The number of aromatic nitrogens is 1. The Kier molecular flexibility index (Phi) is 4.20. The first-order valence-electron chi connectivity index (χ1n) is 6.37. The molecule has 0 amide bonds. The van der Waals surface area contributed by atoms with E-state index in [4.69, 9.17) is 0 Å². The van der Waals surface area contributed by atoms with Crippen LogP contribution in [0.25, 0.3) is 0 Å². The molecule has 0 aromatic carbocycles. The molecule has 1 aromatic rings. The maximum absolute atomic E-state index is 9.20. The van der Waals surface area contributed by atoms with E-state index < -0.39 is 0 Å². The van der Waals surface area contributed by atoms with Gasteiger partial charge >= 0.3 is 0 Å². The lowest BCUT2D eigenvalue weighted by Crippen LogP contribution is -2.36. The molecule has 0 aliphatic heterocycles. The molecule has 0 radical (unpaired) electrons. The molecule has 1 saturated carbocycles. The van der Waals surface area contributed by atoms with Gasteiger partial charge in [0.2, 0.25) is 0 Å². The summed E-state index contributed by atoms with van der Waals surface area (Å²) in [6.45, 7) is 0.854. The number of hydrogen-bond acceptors (Lipinski definition) is 4. The second-order valence-electron chi connectivity index (χ2n) is 4.49. The third-order valence-electron chi connectivity index (χ3n) is 3.39. The minimum absolute atomic E-state index is 0.183. The van der Waals surface area contributed by atoms with E-state index in [-0.39, 0.29) is 6.61 Å². The van der Waals surface area contributed by atoms with Crippen LogP contribution in [-0.2, 0) is 0 Å². The number of anilines is 2. The SMILES string of the molecule is CNc1cccc(N(CCO)C2CCCC2)n1. The molecule has 1 fully saturated rings. The van der Waals surface area contributed by atoms with Crippen molar-refractivity contribution in [1.29, 1.82) is 0 Å². The zero-order chi connectivity index (χ0) is 12.1. The van der Waals surface area contributed by atoms with Gasteiger partial charge in [0.05, 0.1) is 6.61 Å². The van der Waals surface area contributed by atoms with Gasteiger partial charge < -0.3 is 15.3 Å². The molecule has 1 aliphatic carbocycles. The predicted molar refractivity (Wildman–Crippen MR) is 70.5 cm³/mol. The van der Waals surface area contributed by atoms with Gasteiger partial charge in [0.15, 0.2) is 0 Å². The molecule has 1 heterocycles. The molecule has 94 valence electrons. The van der Waals surface area contributed by atoms with Gasteiger partial charge in [-0.3, -0.25) is 0 Å². The van der Waals surface area contributed by atoms with Crippen molar-refractivity contribution in [2.45, 2.75) is 31.7 Å². The number of pyridine rings is 1. The minimum atomic E-state index is 0.183. The van der Waals surface area contributed by atoms with Crippen LogP contribution in [-0.4, -0.2) is 36.3 Å². The minimum Gasteiger partial charge on any atom is -0.395 e. The number of aliphatic hydroxyl groups excluding tert-OH is 1.